The molecule has 1 fully saturated rings. The number of imidazole rings is 1. The maximum absolute atomic E-state index is 11.0. The number of aromatic nitrogens is 2. The Balaban J connectivity index is 1.94. The van der Waals surface area contributed by atoms with Crippen LogP contribution in [0.4, 0.5) is 0 Å². The Kier molecular flexibility index (Phi) is 3.34. The second-order valence-electron chi connectivity index (χ2n) is 5.21. The fourth-order valence-electron chi connectivity index (χ4n) is 2.93. The number of nitrogens with zero attached hydrogens (tertiary/aromatic N) is 3. The lowest BCUT2D eigenvalue weighted by molar-refractivity contribution is 0.112. The smallest absolute Gasteiger partial charge is 0.153 e. The highest BCUT2D eigenvalue weighted by molar-refractivity contribution is 5.84. The summed E-state index contributed by atoms with van der Waals surface area (Å²) in [4.78, 5) is 18.2. The van der Waals surface area contributed by atoms with Gasteiger partial charge in [0.25, 0.3) is 0 Å². The largest absolute Gasteiger partial charge is 0.306 e. The lowest BCUT2D eigenvalue weighted by Gasteiger charge is -2.30. The number of carbonyl (C=O) groups is 1. The molecule has 100 valence electrons. The zero-order chi connectivity index (χ0) is 13.2. The van der Waals surface area contributed by atoms with Crippen LogP contribution in [0.3, 0.4) is 0 Å². The molecule has 0 bridgehead atoms. The number of hydrogen-bond acceptors (Lipinski definition) is 3. The number of hydrogen-bond donors (Lipinski definition) is 0. The average Bonchev–Trinajstić information content (AvgIpc) is 2.91. The molecule has 4 nitrogen and oxygen atoms in total. The van der Waals surface area contributed by atoms with Gasteiger partial charge in [0.05, 0.1) is 11.3 Å². The lowest BCUT2D eigenvalue weighted by atomic mass is 9.95. The third-order valence-electron chi connectivity index (χ3n) is 4.03. The van der Waals surface area contributed by atoms with E-state index in [2.05, 4.69) is 23.0 Å². The number of pyridine rings is 1. The van der Waals surface area contributed by atoms with Crippen LogP contribution in [0, 0.1) is 0 Å². The lowest BCUT2D eigenvalue weighted by Crippen LogP contribution is -2.34. The molecule has 0 N–H and O–H groups in total. The highest BCUT2D eigenvalue weighted by atomic mass is 16.1. The fourth-order valence-corrected chi connectivity index (χ4v) is 2.93. The van der Waals surface area contributed by atoms with Gasteiger partial charge in [0, 0.05) is 24.9 Å². The molecule has 0 aromatic carbocycles. The Morgan fingerprint density at radius 2 is 2.42 bits per heavy atom. The summed E-state index contributed by atoms with van der Waals surface area (Å²) in [6.07, 6.45) is 7.33. The monoisotopic (exact) mass is 257 g/mol. The first kappa shape index (κ1) is 12.4. The minimum absolute atomic E-state index is 0.494. The Hall–Kier alpha value is -1.68. The predicted molar refractivity (Wildman–Crippen MR) is 74.7 cm³/mol. The molecular weight excluding hydrogens is 238 g/mol. The van der Waals surface area contributed by atoms with Crippen molar-refractivity contribution in [1.29, 1.82) is 0 Å². The van der Waals surface area contributed by atoms with Gasteiger partial charge >= 0.3 is 0 Å². The van der Waals surface area contributed by atoms with Crippen LogP contribution >= 0.6 is 0 Å². The van der Waals surface area contributed by atoms with E-state index in [1.165, 1.54) is 19.4 Å². The molecule has 0 spiro atoms. The van der Waals surface area contributed by atoms with Crippen molar-refractivity contribution in [3.63, 3.8) is 0 Å². The van der Waals surface area contributed by atoms with Crippen LogP contribution < -0.4 is 0 Å². The average molecular weight is 257 g/mol. The summed E-state index contributed by atoms with van der Waals surface area (Å²) in [6.45, 7) is 5.58. The molecule has 0 aliphatic carbocycles. The standard InChI is InChI=1S/C15H19N3O/c1-2-17-7-3-5-12(9-17)14-10-18-8-4-6-13(11-19)15(18)16-14/h4,6,8,10-12H,2-3,5,7,9H2,1H3. The predicted octanol–water partition coefficient (Wildman–Crippen LogP) is 2.35. The van der Waals surface area contributed by atoms with Gasteiger partial charge < -0.3 is 9.30 Å². The van der Waals surface area contributed by atoms with E-state index in [9.17, 15) is 4.79 Å². The normalized spacial score (nSPS) is 20.8. The first-order valence-electron chi connectivity index (χ1n) is 6.97. The second-order valence-corrected chi connectivity index (χ2v) is 5.21. The van der Waals surface area contributed by atoms with Crippen molar-refractivity contribution < 1.29 is 4.79 Å². The Labute approximate surface area is 113 Å². The molecule has 1 saturated heterocycles. The number of carbonyl (C=O) groups excluding carboxylic acids is 1. The highest BCUT2D eigenvalue weighted by Crippen LogP contribution is 2.26. The van der Waals surface area contributed by atoms with Crippen molar-refractivity contribution in [2.75, 3.05) is 19.6 Å². The minimum Gasteiger partial charge on any atom is -0.306 e. The Morgan fingerprint density at radius 3 is 3.21 bits per heavy atom. The van der Waals surface area contributed by atoms with Gasteiger partial charge in [0.2, 0.25) is 0 Å². The zero-order valence-electron chi connectivity index (χ0n) is 11.2. The van der Waals surface area contributed by atoms with Crippen LogP contribution in [-0.4, -0.2) is 40.2 Å². The van der Waals surface area contributed by atoms with Gasteiger partial charge in [-0.25, -0.2) is 4.98 Å². The molecule has 0 radical (unpaired) electrons. The SMILES string of the molecule is CCN1CCCC(c2cn3cccc(C=O)c3n2)C1. The molecule has 2 aromatic heterocycles. The van der Waals surface area contributed by atoms with Gasteiger partial charge in [0.15, 0.2) is 6.29 Å². The summed E-state index contributed by atoms with van der Waals surface area (Å²) in [7, 11) is 0. The number of rotatable bonds is 3. The number of likely N-dealkylation sites (tertiary alicyclic amines) is 1. The number of fused-ring (bicyclic) bond motifs is 1. The first-order valence-corrected chi connectivity index (χ1v) is 6.97. The van der Waals surface area contributed by atoms with Crippen LogP contribution in [0.25, 0.3) is 5.65 Å². The van der Waals surface area contributed by atoms with Crippen molar-refractivity contribution >= 4 is 11.9 Å². The van der Waals surface area contributed by atoms with Crippen molar-refractivity contribution in [3.8, 4) is 0 Å². The van der Waals surface area contributed by atoms with E-state index < -0.39 is 0 Å². The van der Waals surface area contributed by atoms with E-state index in [1.54, 1.807) is 0 Å². The van der Waals surface area contributed by atoms with E-state index in [4.69, 9.17) is 0 Å². The first-order chi connectivity index (χ1) is 9.31. The second kappa shape index (κ2) is 5.13. The van der Waals surface area contributed by atoms with E-state index in [0.29, 0.717) is 11.5 Å². The van der Waals surface area contributed by atoms with Gasteiger partial charge in [-0.15, -0.1) is 0 Å². The molecule has 1 aliphatic heterocycles. The van der Waals surface area contributed by atoms with Crippen molar-refractivity contribution in [3.05, 3.63) is 35.8 Å². The van der Waals surface area contributed by atoms with Gasteiger partial charge in [-0.05, 0) is 38.1 Å². The summed E-state index contributed by atoms with van der Waals surface area (Å²) in [5.74, 6) is 0.494. The molecule has 1 atom stereocenters. The van der Waals surface area contributed by atoms with E-state index in [-0.39, 0.29) is 0 Å². The molecule has 1 aliphatic rings. The van der Waals surface area contributed by atoms with Crippen LogP contribution in [0.2, 0.25) is 0 Å². The van der Waals surface area contributed by atoms with Crippen molar-refractivity contribution in [2.24, 2.45) is 0 Å². The van der Waals surface area contributed by atoms with E-state index in [1.807, 2.05) is 22.7 Å². The Morgan fingerprint density at radius 1 is 1.53 bits per heavy atom. The molecule has 4 heteroatoms. The third kappa shape index (κ3) is 2.28. The quantitative estimate of drug-likeness (QED) is 0.792. The van der Waals surface area contributed by atoms with Crippen LogP contribution in [-0.2, 0) is 0 Å². The molecule has 3 rings (SSSR count). The summed E-state index contributed by atoms with van der Waals surface area (Å²) in [6, 6.07) is 3.71. The maximum Gasteiger partial charge on any atom is 0.153 e. The summed E-state index contributed by atoms with van der Waals surface area (Å²) < 4.78 is 1.96. The van der Waals surface area contributed by atoms with Crippen molar-refractivity contribution in [1.82, 2.24) is 14.3 Å². The fraction of sp³-hybridized carbons (Fsp3) is 0.467. The molecular formula is C15H19N3O. The van der Waals surface area contributed by atoms with Crippen molar-refractivity contribution in [2.45, 2.75) is 25.7 Å². The molecule has 1 unspecified atom stereocenters. The number of aldehydes is 1. The number of likely N-dealkylation sites (N-methyl/N-ethyl adjacent to an activating group) is 1. The molecule has 3 heterocycles. The van der Waals surface area contributed by atoms with Gasteiger partial charge in [-0.1, -0.05) is 6.92 Å². The summed E-state index contributed by atoms with van der Waals surface area (Å²) in [5, 5.41) is 0. The summed E-state index contributed by atoms with van der Waals surface area (Å²) >= 11 is 0. The van der Waals surface area contributed by atoms with Crippen LogP contribution in [0.5, 0.6) is 0 Å². The highest BCUT2D eigenvalue weighted by Gasteiger charge is 2.22. The van der Waals surface area contributed by atoms with E-state index >= 15 is 0 Å². The minimum atomic E-state index is 0.494. The molecule has 2 aromatic rings. The van der Waals surface area contributed by atoms with Gasteiger partial charge in [-0.3, -0.25) is 4.79 Å². The van der Waals surface area contributed by atoms with Crippen LogP contribution in [0.15, 0.2) is 24.5 Å². The third-order valence-corrected chi connectivity index (χ3v) is 4.03. The summed E-state index contributed by atoms with van der Waals surface area (Å²) in [5.41, 5.74) is 2.56. The molecule has 0 amide bonds. The van der Waals surface area contributed by atoms with Gasteiger partial charge in [0.1, 0.15) is 5.65 Å². The topological polar surface area (TPSA) is 37.6 Å². The molecule has 19 heavy (non-hydrogen) atoms. The van der Waals surface area contributed by atoms with Gasteiger partial charge in [-0.2, -0.15) is 0 Å². The zero-order valence-corrected chi connectivity index (χ0v) is 11.2. The van der Waals surface area contributed by atoms with E-state index in [0.717, 1.165) is 30.7 Å². The van der Waals surface area contributed by atoms with Crippen LogP contribution in [0.1, 0.15) is 41.7 Å². The molecule has 0 saturated carbocycles. The number of piperidine rings is 1. The maximum atomic E-state index is 11.0. The Bertz CT molecular complexity index is 590.